The lowest BCUT2D eigenvalue weighted by atomic mass is 10.00. The van der Waals surface area contributed by atoms with Crippen LogP contribution in [0.2, 0.25) is 5.54 Å². The number of rotatable bonds is 43. The Morgan fingerprint density at radius 3 is 1.15 bits per heavy atom. The number of unbranched alkanes of at least 4 members (excludes halogenated alkanes) is 26. The van der Waals surface area contributed by atoms with Crippen LogP contribution in [0.3, 0.4) is 0 Å². The molecular weight excluding hydrogens is 671 g/mol. The molecule has 0 saturated carbocycles. The summed E-state index contributed by atoms with van der Waals surface area (Å²) in [5.74, 6) is 0. The van der Waals surface area contributed by atoms with Gasteiger partial charge in [0.2, 0.25) is 0 Å². The van der Waals surface area contributed by atoms with Gasteiger partial charge >= 0.3 is 8.80 Å². The van der Waals surface area contributed by atoms with Gasteiger partial charge in [-0.05, 0) is 46.5 Å². The van der Waals surface area contributed by atoms with Gasteiger partial charge in [-0.3, -0.25) is 0 Å². The van der Waals surface area contributed by atoms with E-state index in [9.17, 15) is 0 Å². The summed E-state index contributed by atoms with van der Waals surface area (Å²) in [6.07, 6.45) is 47.8. The van der Waals surface area contributed by atoms with E-state index in [-0.39, 0.29) is 5.54 Å². The second-order valence-electron chi connectivity index (χ2n) is 16.7. The van der Waals surface area contributed by atoms with Crippen LogP contribution in [0, 0.1) is 0 Å². The second-order valence-corrected chi connectivity index (χ2v) is 19.7. The first-order valence-electron chi connectivity index (χ1n) is 23.9. The van der Waals surface area contributed by atoms with Gasteiger partial charge < -0.3 is 13.3 Å². The SMILES string of the molecule is CCCCCCCCCCCCCCCCC=CCCC(CCCCCCCCCCCCCCC)[N+](C)(C)OCC(C)[Si](OCC)(OCC)OCC. The lowest BCUT2D eigenvalue weighted by molar-refractivity contribution is -1.10. The molecule has 0 bridgehead atoms. The Kier molecular flexibility index (Phi) is 38.4. The maximum absolute atomic E-state index is 6.76. The van der Waals surface area contributed by atoms with E-state index in [1.165, 1.54) is 193 Å². The van der Waals surface area contributed by atoms with E-state index in [1.54, 1.807) is 0 Å². The molecule has 53 heavy (non-hydrogen) atoms. The first kappa shape index (κ1) is 52.8. The number of quaternary nitrogens is 1. The fourth-order valence-electron chi connectivity index (χ4n) is 7.81. The molecule has 2 atom stereocenters. The van der Waals surface area contributed by atoms with Crippen molar-refractivity contribution in [3.63, 3.8) is 0 Å². The standard InChI is InChI=1S/C47H98NO4Si/c1-9-14-16-18-20-22-24-26-27-28-29-30-32-34-36-38-40-42-44-47(43-41-39-37-35-33-31-25-23-21-19-17-15-10-2)48(7,8)49-45-46(6)53(50-11-3,51-12-4)52-13-5/h38,40,46-47H,9-37,39,41-45H2,1-8H3/q+1. The van der Waals surface area contributed by atoms with Crippen LogP contribution in [0.5, 0.6) is 0 Å². The van der Waals surface area contributed by atoms with Crippen molar-refractivity contribution in [3.8, 4) is 0 Å². The summed E-state index contributed by atoms with van der Waals surface area (Å²) in [5, 5.41) is 0. The number of hydroxylamine groups is 3. The van der Waals surface area contributed by atoms with Gasteiger partial charge in [-0.1, -0.05) is 193 Å². The van der Waals surface area contributed by atoms with Crippen LogP contribution in [0.4, 0.5) is 0 Å². The highest BCUT2D eigenvalue weighted by Gasteiger charge is 2.48. The van der Waals surface area contributed by atoms with Crippen molar-refractivity contribution >= 4 is 8.80 Å². The summed E-state index contributed by atoms with van der Waals surface area (Å²) in [7, 11) is 1.73. The Hall–Kier alpha value is -0.243. The zero-order chi connectivity index (χ0) is 39.1. The zero-order valence-corrected chi connectivity index (χ0v) is 38.6. The van der Waals surface area contributed by atoms with E-state index >= 15 is 0 Å². The molecule has 0 rings (SSSR count). The topological polar surface area (TPSA) is 36.9 Å². The Labute approximate surface area is 335 Å². The molecular formula is C47H98NO4Si+. The molecule has 5 nitrogen and oxygen atoms in total. The average Bonchev–Trinajstić information content (AvgIpc) is 3.14. The minimum atomic E-state index is -2.81. The molecule has 0 aliphatic heterocycles. The van der Waals surface area contributed by atoms with Crippen LogP contribution in [-0.4, -0.2) is 60.0 Å². The van der Waals surface area contributed by atoms with Crippen LogP contribution in [-0.2, 0) is 18.1 Å². The maximum Gasteiger partial charge on any atom is 0.506 e. The fourth-order valence-corrected chi connectivity index (χ4v) is 10.4. The van der Waals surface area contributed by atoms with Crippen LogP contribution in [0.25, 0.3) is 0 Å². The third kappa shape index (κ3) is 30.6. The Morgan fingerprint density at radius 2 is 0.774 bits per heavy atom. The van der Waals surface area contributed by atoms with Gasteiger partial charge in [-0.25, -0.2) is 4.84 Å². The number of allylic oxidation sites excluding steroid dienone is 2. The highest BCUT2D eigenvalue weighted by molar-refractivity contribution is 6.62. The van der Waals surface area contributed by atoms with Crippen LogP contribution in [0.15, 0.2) is 12.2 Å². The summed E-state index contributed by atoms with van der Waals surface area (Å²) in [6, 6.07) is 0.475. The van der Waals surface area contributed by atoms with Gasteiger partial charge in [0, 0.05) is 32.7 Å². The molecule has 0 radical (unpaired) electrons. The molecule has 0 N–H and O–H groups in total. The van der Waals surface area contributed by atoms with Crippen LogP contribution in [0.1, 0.15) is 241 Å². The largest absolute Gasteiger partial charge is 0.506 e. The van der Waals surface area contributed by atoms with Crippen molar-refractivity contribution in [1.82, 2.24) is 0 Å². The first-order chi connectivity index (χ1) is 25.8. The maximum atomic E-state index is 6.76. The molecule has 6 heteroatoms. The van der Waals surface area contributed by atoms with Crippen molar-refractivity contribution in [2.24, 2.45) is 0 Å². The molecule has 0 aromatic rings. The lowest BCUT2D eigenvalue weighted by Gasteiger charge is -2.38. The molecule has 0 heterocycles. The molecule has 0 aliphatic carbocycles. The zero-order valence-electron chi connectivity index (χ0n) is 37.6. The number of hydrogen-bond donors (Lipinski definition) is 0. The monoisotopic (exact) mass is 769 g/mol. The van der Waals surface area contributed by atoms with Crippen molar-refractivity contribution in [1.29, 1.82) is 0 Å². The van der Waals surface area contributed by atoms with Crippen molar-refractivity contribution in [2.45, 2.75) is 252 Å². The van der Waals surface area contributed by atoms with Gasteiger partial charge in [-0.2, -0.15) is 4.65 Å². The summed E-state index contributed by atoms with van der Waals surface area (Å²) in [6.45, 7) is 15.3. The highest BCUT2D eigenvalue weighted by Crippen LogP contribution is 2.29. The van der Waals surface area contributed by atoms with Crippen LogP contribution >= 0.6 is 0 Å². The molecule has 0 aromatic heterocycles. The quantitative estimate of drug-likeness (QED) is 0.0204. The van der Waals surface area contributed by atoms with E-state index in [0.29, 0.717) is 37.1 Å². The molecule has 0 fully saturated rings. The molecule has 0 aromatic carbocycles. The predicted molar refractivity (Wildman–Crippen MR) is 236 cm³/mol. The molecule has 0 spiro atoms. The molecule has 0 amide bonds. The van der Waals surface area contributed by atoms with Gasteiger partial charge in [0.1, 0.15) is 12.6 Å². The minimum Gasteiger partial charge on any atom is -0.374 e. The Balaban J connectivity index is 4.65. The second kappa shape index (κ2) is 38.6. The summed E-state index contributed by atoms with van der Waals surface area (Å²) in [4.78, 5) is 6.76. The molecule has 0 saturated heterocycles. The van der Waals surface area contributed by atoms with Gasteiger partial charge in [0.05, 0.1) is 19.6 Å². The first-order valence-corrected chi connectivity index (χ1v) is 25.7. The fraction of sp³-hybridized carbons (Fsp3) is 0.957. The van der Waals surface area contributed by atoms with E-state index in [2.05, 4.69) is 47.0 Å². The minimum absolute atomic E-state index is 0.0849. The summed E-state index contributed by atoms with van der Waals surface area (Å²) >= 11 is 0. The Bertz CT molecular complexity index is 746. The van der Waals surface area contributed by atoms with E-state index < -0.39 is 8.80 Å². The van der Waals surface area contributed by atoms with Crippen LogP contribution < -0.4 is 0 Å². The average molecular weight is 769 g/mol. The smallest absolute Gasteiger partial charge is 0.374 e. The third-order valence-corrected chi connectivity index (χ3v) is 14.8. The van der Waals surface area contributed by atoms with Crippen molar-refractivity contribution in [2.75, 3.05) is 40.5 Å². The van der Waals surface area contributed by atoms with E-state index in [4.69, 9.17) is 18.1 Å². The predicted octanol–water partition coefficient (Wildman–Crippen LogP) is 15.5. The Morgan fingerprint density at radius 1 is 0.434 bits per heavy atom. The normalized spacial score (nSPS) is 13.7. The third-order valence-electron chi connectivity index (χ3n) is 11.4. The molecule has 0 aliphatic rings. The van der Waals surface area contributed by atoms with Gasteiger partial charge in [0.15, 0.2) is 0 Å². The molecule has 318 valence electrons. The van der Waals surface area contributed by atoms with Gasteiger partial charge in [0.25, 0.3) is 0 Å². The number of hydrogen-bond acceptors (Lipinski definition) is 4. The van der Waals surface area contributed by atoms with E-state index in [1.807, 2.05) is 20.8 Å². The summed E-state index contributed by atoms with van der Waals surface area (Å²) < 4.78 is 19.2. The van der Waals surface area contributed by atoms with Crippen molar-refractivity contribution in [3.05, 3.63) is 12.2 Å². The number of nitrogens with zero attached hydrogens (tertiary/aromatic N) is 1. The lowest BCUT2D eigenvalue weighted by Crippen LogP contribution is -2.54. The molecule has 2 unspecified atom stereocenters. The highest BCUT2D eigenvalue weighted by atomic mass is 28.4. The van der Waals surface area contributed by atoms with E-state index in [0.717, 1.165) is 6.42 Å². The van der Waals surface area contributed by atoms with Gasteiger partial charge in [-0.15, -0.1) is 0 Å². The van der Waals surface area contributed by atoms with Crippen molar-refractivity contribution < 1.29 is 22.8 Å². The summed E-state index contributed by atoms with van der Waals surface area (Å²) in [5.41, 5.74) is 0.0849.